The Hall–Kier alpha value is -0.770. The van der Waals surface area contributed by atoms with Gasteiger partial charge in [-0.15, -0.1) is 0 Å². The minimum atomic E-state index is -0.265. The molecule has 4 heteroatoms. The molecular weight excluding hydrogens is 158 g/mol. The van der Waals surface area contributed by atoms with Crippen LogP contribution in [0.15, 0.2) is 0 Å². The number of rotatable bonds is 0. The fourth-order valence-electron chi connectivity index (χ4n) is 1.47. The first-order valence-electron chi connectivity index (χ1n) is 4.11. The van der Waals surface area contributed by atoms with E-state index in [1.54, 1.807) is 4.90 Å². The Morgan fingerprint density at radius 3 is 2.33 bits per heavy atom. The van der Waals surface area contributed by atoms with Crippen molar-refractivity contribution in [3.05, 3.63) is 0 Å². The summed E-state index contributed by atoms with van der Waals surface area (Å²) in [6, 6.07) is 0.224. The minimum Gasteiger partial charge on any atom is -0.453 e. The summed E-state index contributed by atoms with van der Waals surface area (Å²) in [5.74, 6) is 0. The number of ether oxygens (including phenoxy) is 2. The lowest BCUT2D eigenvalue weighted by atomic mass is 10.2. The second kappa shape index (κ2) is 3.76. The maximum Gasteiger partial charge on any atom is 0.410 e. The van der Waals surface area contributed by atoms with Gasteiger partial charge in [-0.3, -0.25) is 4.90 Å². The second-order valence-corrected chi connectivity index (χ2v) is 3.11. The molecule has 0 saturated carbocycles. The highest BCUT2D eigenvalue weighted by atomic mass is 16.5. The summed E-state index contributed by atoms with van der Waals surface area (Å²) in [5, 5.41) is 0. The van der Waals surface area contributed by atoms with Crippen LogP contribution in [0.3, 0.4) is 0 Å². The largest absolute Gasteiger partial charge is 0.453 e. The number of nitrogens with zero attached hydrogens (tertiary/aromatic N) is 1. The third-order valence-electron chi connectivity index (χ3n) is 2.05. The van der Waals surface area contributed by atoms with Crippen molar-refractivity contribution in [2.75, 3.05) is 20.3 Å². The minimum absolute atomic E-state index is 0.112. The Morgan fingerprint density at radius 1 is 1.42 bits per heavy atom. The summed E-state index contributed by atoms with van der Waals surface area (Å²) in [4.78, 5) is 12.9. The van der Waals surface area contributed by atoms with Gasteiger partial charge in [0.1, 0.15) is 0 Å². The molecule has 1 saturated heterocycles. The van der Waals surface area contributed by atoms with E-state index in [9.17, 15) is 4.79 Å². The number of carbonyl (C=O) groups is 1. The van der Waals surface area contributed by atoms with Crippen LogP contribution in [0.1, 0.15) is 13.8 Å². The predicted molar refractivity (Wildman–Crippen MR) is 44.0 cm³/mol. The highest BCUT2D eigenvalue weighted by molar-refractivity contribution is 5.68. The van der Waals surface area contributed by atoms with E-state index in [2.05, 4.69) is 4.74 Å². The highest BCUT2D eigenvalue weighted by Gasteiger charge is 2.29. The third-order valence-corrected chi connectivity index (χ3v) is 2.05. The molecule has 70 valence electrons. The first kappa shape index (κ1) is 9.32. The summed E-state index contributed by atoms with van der Waals surface area (Å²) in [6.45, 7) is 5.10. The van der Waals surface area contributed by atoms with E-state index in [1.165, 1.54) is 7.11 Å². The summed E-state index contributed by atoms with van der Waals surface area (Å²) >= 11 is 0. The molecule has 0 bridgehead atoms. The Morgan fingerprint density at radius 2 is 1.92 bits per heavy atom. The van der Waals surface area contributed by atoms with Gasteiger partial charge in [0, 0.05) is 0 Å². The number of hydrogen-bond donors (Lipinski definition) is 0. The van der Waals surface area contributed by atoms with Gasteiger partial charge < -0.3 is 9.47 Å². The zero-order chi connectivity index (χ0) is 9.14. The monoisotopic (exact) mass is 173 g/mol. The molecule has 0 radical (unpaired) electrons. The molecule has 1 aliphatic rings. The summed E-state index contributed by atoms with van der Waals surface area (Å²) in [5.41, 5.74) is 0. The van der Waals surface area contributed by atoms with Crippen LogP contribution >= 0.6 is 0 Å². The molecule has 1 heterocycles. The maximum absolute atomic E-state index is 11.2. The Kier molecular flexibility index (Phi) is 2.92. The van der Waals surface area contributed by atoms with Gasteiger partial charge in [0.2, 0.25) is 0 Å². The molecule has 0 aromatic rings. The first-order valence-corrected chi connectivity index (χ1v) is 4.11. The first-order chi connectivity index (χ1) is 5.66. The average Bonchev–Trinajstić information content (AvgIpc) is 2.03. The van der Waals surface area contributed by atoms with Crippen molar-refractivity contribution >= 4 is 6.09 Å². The Labute approximate surface area is 72.4 Å². The van der Waals surface area contributed by atoms with E-state index in [1.807, 2.05) is 13.8 Å². The number of amides is 1. The van der Waals surface area contributed by atoms with Crippen LogP contribution in [-0.4, -0.2) is 43.4 Å². The number of morpholine rings is 1. The van der Waals surface area contributed by atoms with Crippen LogP contribution in [0.2, 0.25) is 0 Å². The van der Waals surface area contributed by atoms with Crippen LogP contribution in [0.4, 0.5) is 4.79 Å². The van der Waals surface area contributed by atoms with Gasteiger partial charge in [-0.25, -0.2) is 4.79 Å². The van der Waals surface area contributed by atoms with E-state index in [4.69, 9.17) is 4.74 Å². The number of methoxy groups -OCH3 is 1. The third kappa shape index (κ3) is 1.69. The van der Waals surface area contributed by atoms with E-state index >= 15 is 0 Å². The molecule has 1 amide bonds. The van der Waals surface area contributed by atoms with Gasteiger partial charge in [-0.1, -0.05) is 0 Å². The second-order valence-electron chi connectivity index (χ2n) is 3.11. The molecule has 1 aliphatic heterocycles. The van der Waals surface area contributed by atoms with E-state index in [0.717, 1.165) is 0 Å². The molecule has 0 spiro atoms. The number of carbonyl (C=O) groups excluding carboxylic acids is 1. The molecule has 0 unspecified atom stereocenters. The lowest BCUT2D eigenvalue weighted by Gasteiger charge is -2.37. The van der Waals surface area contributed by atoms with E-state index in [0.29, 0.717) is 13.2 Å². The van der Waals surface area contributed by atoms with Gasteiger partial charge in [-0.2, -0.15) is 0 Å². The molecule has 4 nitrogen and oxygen atoms in total. The molecular formula is C8H15NO3. The Bertz CT molecular complexity index is 162. The summed E-state index contributed by atoms with van der Waals surface area (Å²) in [6.07, 6.45) is -0.265. The van der Waals surface area contributed by atoms with Crippen molar-refractivity contribution in [1.29, 1.82) is 0 Å². The fraction of sp³-hybridized carbons (Fsp3) is 0.875. The fourth-order valence-corrected chi connectivity index (χ4v) is 1.47. The summed E-state index contributed by atoms with van der Waals surface area (Å²) < 4.78 is 9.93. The zero-order valence-electron chi connectivity index (χ0n) is 7.74. The van der Waals surface area contributed by atoms with Crippen molar-refractivity contribution in [2.24, 2.45) is 0 Å². The van der Waals surface area contributed by atoms with Crippen molar-refractivity contribution in [1.82, 2.24) is 4.90 Å². The zero-order valence-corrected chi connectivity index (χ0v) is 7.74. The van der Waals surface area contributed by atoms with Crippen LogP contribution in [-0.2, 0) is 9.47 Å². The van der Waals surface area contributed by atoms with Crippen molar-refractivity contribution in [3.8, 4) is 0 Å². The van der Waals surface area contributed by atoms with E-state index < -0.39 is 0 Å². The standard InChI is InChI=1S/C8H15NO3/c1-6-4-12-5-7(2)9(6)8(10)11-3/h6-7H,4-5H2,1-3H3/t6-,7-/m1/s1. The van der Waals surface area contributed by atoms with Gasteiger partial charge in [0.25, 0.3) is 0 Å². The Balaban J connectivity index is 2.62. The quantitative estimate of drug-likeness (QED) is 0.545. The van der Waals surface area contributed by atoms with Crippen LogP contribution in [0.25, 0.3) is 0 Å². The topological polar surface area (TPSA) is 38.8 Å². The molecule has 1 rings (SSSR count). The molecule has 0 aliphatic carbocycles. The maximum atomic E-state index is 11.2. The average molecular weight is 173 g/mol. The van der Waals surface area contributed by atoms with Crippen molar-refractivity contribution in [2.45, 2.75) is 25.9 Å². The van der Waals surface area contributed by atoms with Crippen molar-refractivity contribution < 1.29 is 14.3 Å². The van der Waals surface area contributed by atoms with Gasteiger partial charge in [0.15, 0.2) is 0 Å². The highest BCUT2D eigenvalue weighted by Crippen LogP contribution is 2.13. The molecule has 1 fully saturated rings. The molecule has 0 aromatic heterocycles. The van der Waals surface area contributed by atoms with Crippen LogP contribution < -0.4 is 0 Å². The molecule has 0 aromatic carbocycles. The van der Waals surface area contributed by atoms with Crippen molar-refractivity contribution in [3.63, 3.8) is 0 Å². The molecule has 0 N–H and O–H groups in total. The molecule has 12 heavy (non-hydrogen) atoms. The van der Waals surface area contributed by atoms with Crippen LogP contribution in [0, 0.1) is 0 Å². The smallest absolute Gasteiger partial charge is 0.410 e. The van der Waals surface area contributed by atoms with Gasteiger partial charge in [-0.05, 0) is 13.8 Å². The lowest BCUT2D eigenvalue weighted by Crippen LogP contribution is -2.52. The van der Waals surface area contributed by atoms with E-state index in [-0.39, 0.29) is 18.2 Å². The van der Waals surface area contributed by atoms with Gasteiger partial charge >= 0.3 is 6.09 Å². The molecule has 2 atom stereocenters. The summed E-state index contributed by atoms with van der Waals surface area (Å²) in [7, 11) is 1.40. The number of hydrogen-bond acceptors (Lipinski definition) is 3. The lowest BCUT2D eigenvalue weighted by molar-refractivity contribution is -0.0295. The predicted octanol–water partition coefficient (Wildman–Crippen LogP) is 0.862. The van der Waals surface area contributed by atoms with Crippen LogP contribution in [0.5, 0.6) is 0 Å². The normalized spacial score (nSPS) is 30.1. The van der Waals surface area contributed by atoms with Gasteiger partial charge in [0.05, 0.1) is 32.4 Å². The SMILES string of the molecule is COC(=O)N1[C@H](C)COC[C@H]1C.